The van der Waals surface area contributed by atoms with Gasteiger partial charge < -0.3 is 19.5 Å². The van der Waals surface area contributed by atoms with Gasteiger partial charge in [0.15, 0.2) is 6.10 Å². The second-order valence-electron chi connectivity index (χ2n) is 5.60. The monoisotopic (exact) mass is 379 g/mol. The van der Waals surface area contributed by atoms with Gasteiger partial charge in [0.25, 0.3) is 5.91 Å². The van der Waals surface area contributed by atoms with E-state index in [-0.39, 0.29) is 12.1 Å². The Kier molecular flexibility index (Phi) is 6.70. The molecule has 0 aliphatic rings. The number of hydrogen-bond acceptors (Lipinski definition) is 5. The number of carbonyl (C=O) groups is 2. The number of benzene rings is 2. The van der Waals surface area contributed by atoms with Crippen molar-refractivity contribution >= 4 is 17.6 Å². The van der Waals surface area contributed by atoms with Crippen LogP contribution in [-0.2, 0) is 20.7 Å². The van der Waals surface area contributed by atoms with Crippen molar-refractivity contribution < 1.29 is 32.6 Å². The van der Waals surface area contributed by atoms with Crippen LogP contribution in [0.25, 0.3) is 0 Å². The van der Waals surface area contributed by atoms with Gasteiger partial charge in [-0.05, 0) is 25.1 Å². The molecule has 0 aliphatic carbocycles. The Hall–Kier alpha value is -3.16. The Morgan fingerprint density at radius 2 is 1.81 bits per heavy atom. The fourth-order valence-electron chi connectivity index (χ4n) is 2.27. The number of rotatable bonds is 7. The molecule has 1 amide bonds. The molecule has 0 saturated heterocycles. The van der Waals surface area contributed by atoms with E-state index < -0.39 is 29.6 Å². The molecule has 0 bridgehead atoms. The molecule has 2 rings (SSSR count). The van der Waals surface area contributed by atoms with E-state index in [9.17, 15) is 18.4 Å². The number of hydrogen-bond donors (Lipinski definition) is 1. The van der Waals surface area contributed by atoms with Gasteiger partial charge in [-0.3, -0.25) is 9.59 Å². The fourth-order valence-corrected chi connectivity index (χ4v) is 2.27. The van der Waals surface area contributed by atoms with Gasteiger partial charge in [0.05, 0.1) is 26.3 Å². The van der Waals surface area contributed by atoms with Crippen LogP contribution in [0.3, 0.4) is 0 Å². The smallest absolute Gasteiger partial charge is 0.311 e. The van der Waals surface area contributed by atoms with Gasteiger partial charge in [0, 0.05) is 17.7 Å². The third kappa shape index (κ3) is 5.40. The van der Waals surface area contributed by atoms with E-state index in [1.165, 1.54) is 21.1 Å². The molecule has 2 aromatic carbocycles. The molecule has 0 aliphatic heterocycles. The number of methoxy groups -OCH3 is 2. The molecule has 6 nitrogen and oxygen atoms in total. The first-order chi connectivity index (χ1) is 12.8. The maximum absolute atomic E-state index is 13.6. The van der Waals surface area contributed by atoms with E-state index in [4.69, 9.17) is 14.2 Å². The van der Waals surface area contributed by atoms with Crippen LogP contribution in [0, 0.1) is 11.6 Å². The lowest BCUT2D eigenvalue weighted by molar-refractivity contribution is -0.152. The average molecular weight is 379 g/mol. The summed E-state index contributed by atoms with van der Waals surface area (Å²) in [5.74, 6) is -1.97. The second-order valence-corrected chi connectivity index (χ2v) is 5.60. The highest BCUT2D eigenvalue weighted by Gasteiger charge is 2.20. The predicted octanol–water partition coefficient (Wildman–Crippen LogP) is 3.09. The third-order valence-electron chi connectivity index (χ3n) is 3.69. The van der Waals surface area contributed by atoms with E-state index in [2.05, 4.69) is 5.32 Å². The first kappa shape index (κ1) is 20.2. The average Bonchev–Trinajstić information content (AvgIpc) is 2.64. The van der Waals surface area contributed by atoms with Gasteiger partial charge >= 0.3 is 5.97 Å². The Morgan fingerprint density at radius 3 is 2.48 bits per heavy atom. The van der Waals surface area contributed by atoms with Crippen LogP contribution in [0.15, 0.2) is 36.4 Å². The predicted molar refractivity (Wildman–Crippen MR) is 93.8 cm³/mol. The summed E-state index contributed by atoms with van der Waals surface area (Å²) in [6.45, 7) is 1.33. The van der Waals surface area contributed by atoms with Crippen molar-refractivity contribution in [1.29, 1.82) is 0 Å². The van der Waals surface area contributed by atoms with Crippen molar-refractivity contribution in [3.63, 3.8) is 0 Å². The van der Waals surface area contributed by atoms with Gasteiger partial charge in [-0.2, -0.15) is 0 Å². The molecule has 1 N–H and O–H groups in total. The number of amides is 1. The second kappa shape index (κ2) is 8.98. The number of ether oxygens (including phenoxy) is 3. The van der Waals surface area contributed by atoms with Crippen LogP contribution in [-0.4, -0.2) is 32.2 Å². The van der Waals surface area contributed by atoms with Crippen LogP contribution >= 0.6 is 0 Å². The molecule has 0 unspecified atom stereocenters. The zero-order valence-corrected chi connectivity index (χ0v) is 15.0. The summed E-state index contributed by atoms with van der Waals surface area (Å²) in [4.78, 5) is 24.2. The lowest BCUT2D eigenvalue weighted by Crippen LogP contribution is -2.30. The molecule has 8 heteroatoms. The zero-order valence-electron chi connectivity index (χ0n) is 15.0. The first-order valence-electron chi connectivity index (χ1n) is 8.00. The summed E-state index contributed by atoms with van der Waals surface area (Å²) < 4.78 is 42.1. The van der Waals surface area contributed by atoms with Crippen molar-refractivity contribution in [3.05, 3.63) is 53.6 Å². The lowest BCUT2D eigenvalue weighted by atomic mass is 10.1. The highest BCUT2D eigenvalue weighted by molar-refractivity contribution is 5.95. The molecular weight excluding hydrogens is 360 g/mol. The van der Waals surface area contributed by atoms with Crippen LogP contribution in [0.4, 0.5) is 14.5 Å². The lowest BCUT2D eigenvalue weighted by Gasteiger charge is -2.15. The van der Waals surface area contributed by atoms with Crippen molar-refractivity contribution in [1.82, 2.24) is 0 Å². The Morgan fingerprint density at radius 1 is 1.07 bits per heavy atom. The van der Waals surface area contributed by atoms with Gasteiger partial charge in [-0.25, -0.2) is 8.78 Å². The highest BCUT2D eigenvalue weighted by Crippen LogP contribution is 2.25. The SMILES string of the molecule is COc1ccc(CC(=O)O[C@H](C)C(=O)Nc2cc(F)ccc2F)c(OC)c1. The van der Waals surface area contributed by atoms with Crippen molar-refractivity contribution in [2.24, 2.45) is 0 Å². The highest BCUT2D eigenvalue weighted by atomic mass is 19.1. The molecule has 0 saturated carbocycles. The molecule has 144 valence electrons. The molecule has 0 radical (unpaired) electrons. The summed E-state index contributed by atoms with van der Waals surface area (Å²) in [6, 6.07) is 7.57. The molecule has 0 heterocycles. The maximum atomic E-state index is 13.6. The third-order valence-corrected chi connectivity index (χ3v) is 3.69. The number of carbonyl (C=O) groups excluding carboxylic acids is 2. The fraction of sp³-hybridized carbons (Fsp3) is 0.263. The van der Waals surface area contributed by atoms with Gasteiger partial charge in [-0.1, -0.05) is 6.07 Å². The van der Waals surface area contributed by atoms with Gasteiger partial charge in [0.2, 0.25) is 0 Å². The molecule has 2 aromatic rings. The van der Waals surface area contributed by atoms with Crippen molar-refractivity contribution in [2.45, 2.75) is 19.4 Å². The van der Waals surface area contributed by atoms with E-state index >= 15 is 0 Å². The quantitative estimate of drug-likeness (QED) is 0.749. The standard InChI is InChI=1S/C19H19F2NO5/c1-11(19(24)22-16-9-13(20)5-7-15(16)21)27-18(23)8-12-4-6-14(25-2)10-17(12)26-3/h4-7,9-11H,8H2,1-3H3,(H,22,24)/t11-/m1/s1. The summed E-state index contributed by atoms with van der Waals surface area (Å²) in [5.41, 5.74) is 0.215. The molecule has 0 aromatic heterocycles. The minimum absolute atomic E-state index is 0.140. The summed E-state index contributed by atoms with van der Waals surface area (Å²) >= 11 is 0. The van der Waals surface area contributed by atoms with Crippen LogP contribution in [0.1, 0.15) is 12.5 Å². The summed E-state index contributed by atoms with van der Waals surface area (Å²) in [5, 5.41) is 2.19. The van der Waals surface area contributed by atoms with Crippen LogP contribution in [0.5, 0.6) is 11.5 Å². The Balaban J connectivity index is 1.98. The van der Waals surface area contributed by atoms with E-state index in [0.29, 0.717) is 17.1 Å². The van der Waals surface area contributed by atoms with Crippen molar-refractivity contribution in [3.8, 4) is 11.5 Å². The largest absolute Gasteiger partial charge is 0.497 e. The molecular formula is C19H19F2NO5. The minimum Gasteiger partial charge on any atom is -0.497 e. The number of nitrogens with one attached hydrogen (secondary N) is 1. The Labute approximate surface area is 155 Å². The van der Waals surface area contributed by atoms with E-state index in [0.717, 1.165) is 18.2 Å². The topological polar surface area (TPSA) is 73.9 Å². The van der Waals surface area contributed by atoms with Crippen LogP contribution in [0.2, 0.25) is 0 Å². The maximum Gasteiger partial charge on any atom is 0.311 e. The van der Waals surface area contributed by atoms with E-state index in [1.807, 2.05) is 0 Å². The summed E-state index contributed by atoms with van der Waals surface area (Å²) in [7, 11) is 2.96. The Bertz CT molecular complexity index is 841. The number of halogens is 2. The normalized spacial score (nSPS) is 11.4. The molecule has 0 spiro atoms. The van der Waals surface area contributed by atoms with Gasteiger partial charge in [-0.15, -0.1) is 0 Å². The number of anilines is 1. The van der Waals surface area contributed by atoms with Crippen LogP contribution < -0.4 is 14.8 Å². The van der Waals surface area contributed by atoms with Gasteiger partial charge in [0.1, 0.15) is 23.1 Å². The van der Waals surface area contributed by atoms with Crippen molar-refractivity contribution in [2.75, 3.05) is 19.5 Å². The minimum atomic E-state index is -1.20. The summed E-state index contributed by atoms with van der Waals surface area (Å²) in [6.07, 6.45) is -1.34. The molecule has 0 fully saturated rings. The molecule has 27 heavy (non-hydrogen) atoms. The first-order valence-corrected chi connectivity index (χ1v) is 8.00. The zero-order chi connectivity index (χ0) is 20.0. The van der Waals surface area contributed by atoms with E-state index in [1.54, 1.807) is 18.2 Å². The molecule has 1 atom stereocenters. The number of esters is 1.